The van der Waals surface area contributed by atoms with E-state index >= 15 is 0 Å². The van der Waals surface area contributed by atoms with Gasteiger partial charge in [-0.05, 0) is 18.9 Å². The summed E-state index contributed by atoms with van der Waals surface area (Å²) in [5.74, 6) is 3.22. The molecular weight excluding hydrogens is 246 g/mol. The van der Waals surface area contributed by atoms with Crippen LogP contribution in [0.25, 0.3) is 0 Å². The minimum Gasteiger partial charge on any atom is -0.493 e. The van der Waals surface area contributed by atoms with E-state index < -0.39 is 10.8 Å². The van der Waals surface area contributed by atoms with Crippen molar-refractivity contribution >= 4 is 10.8 Å². The van der Waals surface area contributed by atoms with E-state index in [4.69, 9.17) is 4.74 Å². The van der Waals surface area contributed by atoms with Crippen LogP contribution in [0.3, 0.4) is 0 Å². The quantitative estimate of drug-likeness (QED) is 0.903. The third-order valence-electron chi connectivity index (χ3n) is 3.84. The third-order valence-corrected chi connectivity index (χ3v) is 5.22. The maximum absolute atomic E-state index is 11.3. The molecule has 2 heterocycles. The summed E-state index contributed by atoms with van der Waals surface area (Å²) in [5.41, 5.74) is 1.32. The van der Waals surface area contributed by atoms with Gasteiger partial charge < -0.3 is 10.1 Å². The molecule has 18 heavy (non-hydrogen) atoms. The summed E-state index contributed by atoms with van der Waals surface area (Å²) in [4.78, 5) is 0. The van der Waals surface area contributed by atoms with E-state index in [1.165, 1.54) is 5.56 Å². The normalized spacial score (nSPS) is 30.8. The van der Waals surface area contributed by atoms with Crippen LogP contribution in [0.1, 0.15) is 24.3 Å². The van der Waals surface area contributed by atoms with Crippen molar-refractivity contribution in [3.05, 3.63) is 29.8 Å². The highest BCUT2D eigenvalue weighted by Crippen LogP contribution is 2.33. The Kier molecular flexibility index (Phi) is 3.66. The van der Waals surface area contributed by atoms with Crippen LogP contribution >= 0.6 is 0 Å². The zero-order chi connectivity index (χ0) is 12.4. The number of fused-ring (bicyclic) bond motifs is 1. The first kappa shape index (κ1) is 12.2. The highest BCUT2D eigenvalue weighted by molar-refractivity contribution is 7.85. The molecule has 1 aromatic rings. The summed E-state index contributed by atoms with van der Waals surface area (Å²) < 4.78 is 17.0. The van der Waals surface area contributed by atoms with Crippen LogP contribution in [0.4, 0.5) is 0 Å². The number of rotatable bonds is 3. The third kappa shape index (κ3) is 2.59. The van der Waals surface area contributed by atoms with Crippen molar-refractivity contribution in [3.8, 4) is 5.75 Å². The minimum absolute atomic E-state index is 0.466. The van der Waals surface area contributed by atoms with Gasteiger partial charge in [-0.25, -0.2) is 0 Å². The molecule has 0 saturated carbocycles. The second kappa shape index (κ2) is 5.41. The fraction of sp³-hybridized carbons (Fsp3) is 0.571. The SMILES string of the molecule is O=S1CCC(NCC2COc3ccccc32)CC1. The van der Waals surface area contributed by atoms with Crippen molar-refractivity contribution in [2.45, 2.75) is 24.8 Å². The van der Waals surface area contributed by atoms with Gasteiger partial charge in [-0.1, -0.05) is 18.2 Å². The summed E-state index contributed by atoms with van der Waals surface area (Å²) >= 11 is 0. The van der Waals surface area contributed by atoms with E-state index in [-0.39, 0.29) is 0 Å². The Labute approximate surface area is 110 Å². The van der Waals surface area contributed by atoms with Gasteiger partial charge in [0.05, 0.1) is 6.61 Å². The molecule has 1 fully saturated rings. The molecule has 0 aliphatic carbocycles. The Balaban J connectivity index is 1.54. The van der Waals surface area contributed by atoms with Crippen LogP contribution in [0.15, 0.2) is 24.3 Å². The molecule has 2 aliphatic rings. The Morgan fingerprint density at radius 3 is 2.89 bits per heavy atom. The fourth-order valence-electron chi connectivity index (χ4n) is 2.71. The van der Waals surface area contributed by atoms with E-state index in [1.54, 1.807) is 0 Å². The summed E-state index contributed by atoms with van der Waals surface area (Å²) in [7, 11) is -0.567. The van der Waals surface area contributed by atoms with Crippen molar-refractivity contribution < 1.29 is 8.95 Å². The molecule has 1 saturated heterocycles. The van der Waals surface area contributed by atoms with E-state index in [2.05, 4.69) is 17.4 Å². The number of para-hydroxylation sites is 1. The standard InChI is InChI=1S/C14H19NO2S/c16-18-7-5-12(6-8-18)15-9-11-10-17-14-4-2-1-3-13(11)14/h1-4,11-12,15H,5-10H2. The molecule has 0 aromatic heterocycles. The molecule has 1 atom stereocenters. The maximum Gasteiger partial charge on any atom is 0.122 e. The van der Waals surface area contributed by atoms with E-state index in [1.807, 2.05) is 12.1 Å². The first-order chi connectivity index (χ1) is 8.83. The largest absolute Gasteiger partial charge is 0.493 e. The lowest BCUT2D eigenvalue weighted by Gasteiger charge is -2.24. The zero-order valence-electron chi connectivity index (χ0n) is 10.4. The first-order valence-corrected chi connectivity index (χ1v) is 8.12. The zero-order valence-corrected chi connectivity index (χ0v) is 11.2. The van der Waals surface area contributed by atoms with E-state index in [0.717, 1.165) is 43.2 Å². The van der Waals surface area contributed by atoms with Crippen molar-refractivity contribution in [1.29, 1.82) is 0 Å². The topological polar surface area (TPSA) is 38.3 Å². The smallest absolute Gasteiger partial charge is 0.122 e. The average molecular weight is 265 g/mol. The van der Waals surface area contributed by atoms with E-state index in [9.17, 15) is 4.21 Å². The molecule has 0 spiro atoms. The monoisotopic (exact) mass is 265 g/mol. The lowest BCUT2D eigenvalue weighted by Crippen LogP contribution is -2.38. The van der Waals surface area contributed by atoms with Gasteiger partial charge in [0.25, 0.3) is 0 Å². The van der Waals surface area contributed by atoms with Gasteiger partial charge in [0.2, 0.25) is 0 Å². The van der Waals surface area contributed by atoms with Crippen LogP contribution in [-0.2, 0) is 10.8 Å². The first-order valence-electron chi connectivity index (χ1n) is 6.63. The van der Waals surface area contributed by atoms with Crippen molar-refractivity contribution in [2.75, 3.05) is 24.7 Å². The summed E-state index contributed by atoms with van der Waals surface area (Å²) in [6.45, 7) is 1.75. The van der Waals surface area contributed by atoms with Gasteiger partial charge in [-0.3, -0.25) is 4.21 Å². The van der Waals surface area contributed by atoms with Gasteiger partial charge in [-0.15, -0.1) is 0 Å². The van der Waals surface area contributed by atoms with Gasteiger partial charge in [0.15, 0.2) is 0 Å². The van der Waals surface area contributed by atoms with Crippen LogP contribution in [-0.4, -0.2) is 34.9 Å². The average Bonchev–Trinajstić information content (AvgIpc) is 2.82. The van der Waals surface area contributed by atoms with Gasteiger partial charge in [-0.2, -0.15) is 0 Å². The van der Waals surface area contributed by atoms with Crippen molar-refractivity contribution in [1.82, 2.24) is 5.32 Å². The molecule has 0 amide bonds. The lowest BCUT2D eigenvalue weighted by molar-refractivity contribution is 0.320. The van der Waals surface area contributed by atoms with Crippen LogP contribution in [0, 0.1) is 0 Å². The minimum atomic E-state index is -0.567. The van der Waals surface area contributed by atoms with Crippen LogP contribution in [0.2, 0.25) is 0 Å². The van der Waals surface area contributed by atoms with Gasteiger partial charge in [0, 0.05) is 46.4 Å². The Morgan fingerprint density at radius 2 is 2.06 bits per heavy atom. The molecule has 1 N–H and O–H groups in total. The molecule has 1 aromatic carbocycles. The predicted octanol–water partition coefficient (Wildman–Crippen LogP) is 1.66. The predicted molar refractivity (Wildman–Crippen MR) is 73.6 cm³/mol. The Bertz CT molecular complexity index is 439. The highest BCUT2D eigenvalue weighted by atomic mass is 32.2. The fourth-order valence-corrected chi connectivity index (χ4v) is 4.00. The van der Waals surface area contributed by atoms with Gasteiger partial charge in [0.1, 0.15) is 5.75 Å². The molecule has 3 nitrogen and oxygen atoms in total. The maximum atomic E-state index is 11.3. The molecule has 4 heteroatoms. The summed E-state index contributed by atoms with van der Waals surface area (Å²) in [6, 6.07) is 8.83. The number of benzene rings is 1. The van der Waals surface area contributed by atoms with Crippen LogP contribution in [0.5, 0.6) is 5.75 Å². The highest BCUT2D eigenvalue weighted by Gasteiger charge is 2.25. The van der Waals surface area contributed by atoms with Crippen molar-refractivity contribution in [3.63, 3.8) is 0 Å². The molecule has 0 bridgehead atoms. The second-order valence-corrected chi connectivity index (χ2v) is 6.77. The Morgan fingerprint density at radius 1 is 1.28 bits per heavy atom. The number of nitrogens with one attached hydrogen (secondary N) is 1. The van der Waals surface area contributed by atoms with Crippen molar-refractivity contribution in [2.24, 2.45) is 0 Å². The molecule has 3 rings (SSSR count). The summed E-state index contributed by atoms with van der Waals surface area (Å²) in [6.07, 6.45) is 2.09. The molecular formula is C14H19NO2S. The van der Waals surface area contributed by atoms with E-state index in [0.29, 0.717) is 12.0 Å². The molecule has 1 unspecified atom stereocenters. The number of hydrogen-bond acceptors (Lipinski definition) is 3. The van der Waals surface area contributed by atoms with Crippen LogP contribution < -0.4 is 10.1 Å². The number of ether oxygens (including phenoxy) is 1. The number of hydrogen-bond donors (Lipinski definition) is 1. The van der Waals surface area contributed by atoms with Gasteiger partial charge >= 0.3 is 0 Å². The Hall–Kier alpha value is -0.870. The second-order valence-electron chi connectivity index (χ2n) is 5.08. The molecule has 2 aliphatic heterocycles. The molecule has 98 valence electrons. The molecule has 0 radical (unpaired) electrons. The lowest BCUT2D eigenvalue weighted by atomic mass is 10.0. The summed E-state index contributed by atoms with van der Waals surface area (Å²) in [5, 5.41) is 3.61.